The van der Waals surface area contributed by atoms with Crippen LogP contribution in [-0.2, 0) is 9.53 Å². The van der Waals surface area contributed by atoms with Crippen molar-refractivity contribution in [3.8, 4) is 0 Å². The second-order valence-corrected chi connectivity index (χ2v) is 4.53. The standard InChI is InChI=1S/C12H24N2O2/c1-3-4-7-11(13)12(15)14-8-5-6-10(9-14)16-2/h10-11H,3-9,13H2,1-2H3/t10-,11+/m0/s1. The minimum absolute atomic E-state index is 0.0928. The Kier molecular flexibility index (Phi) is 5.77. The molecule has 0 saturated carbocycles. The topological polar surface area (TPSA) is 55.6 Å². The largest absolute Gasteiger partial charge is 0.380 e. The Hall–Kier alpha value is -0.610. The maximum absolute atomic E-state index is 12.0. The van der Waals surface area contributed by atoms with Gasteiger partial charge in [-0.25, -0.2) is 0 Å². The monoisotopic (exact) mass is 228 g/mol. The van der Waals surface area contributed by atoms with Gasteiger partial charge in [-0.2, -0.15) is 0 Å². The molecule has 16 heavy (non-hydrogen) atoms. The van der Waals surface area contributed by atoms with Crippen LogP contribution in [0.3, 0.4) is 0 Å². The van der Waals surface area contributed by atoms with Crippen molar-refractivity contribution < 1.29 is 9.53 Å². The zero-order valence-corrected chi connectivity index (χ0v) is 10.4. The number of carbonyl (C=O) groups is 1. The first-order valence-electron chi connectivity index (χ1n) is 6.26. The molecule has 2 atom stereocenters. The molecule has 0 aromatic carbocycles. The molecule has 4 nitrogen and oxygen atoms in total. The van der Waals surface area contributed by atoms with Crippen LogP contribution in [0, 0.1) is 0 Å². The van der Waals surface area contributed by atoms with Crippen molar-refractivity contribution in [2.75, 3.05) is 20.2 Å². The molecule has 1 amide bonds. The first kappa shape index (κ1) is 13.5. The average molecular weight is 228 g/mol. The third kappa shape index (κ3) is 3.76. The van der Waals surface area contributed by atoms with Crippen molar-refractivity contribution in [1.82, 2.24) is 4.90 Å². The van der Waals surface area contributed by atoms with Gasteiger partial charge in [-0.15, -0.1) is 0 Å². The lowest BCUT2D eigenvalue weighted by molar-refractivity contribution is -0.136. The molecule has 1 heterocycles. The van der Waals surface area contributed by atoms with Crippen LogP contribution in [0.25, 0.3) is 0 Å². The minimum atomic E-state index is -0.324. The number of ether oxygens (including phenoxy) is 1. The first-order valence-corrected chi connectivity index (χ1v) is 6.26. The van der Waals surface area contributed by atoms with Crippen molar-refractivity contribution in [2.45, 2.75) is 51.2 Å². The Morgan fingerprint density at radius 3 is 3.00 bits per heavy atom. The van der Waals surface area contributed by atoms with E-state index in [1.165, 1.54) is 0 Å². The minimum Gasteiger partial charge on any atom is -0.380 e. The van der Waals surface area contributed by atoms with Crippen LogP contribution in [0.1, 0.15) is 39.0 Å². The molecular formula is C12H24N2O2. The smallest absolute Gasteiger partial charge is 0.239 e. The number of piperidine rings is 1. The van der Waals surface area contributed by atoms with Gasteiger partial charge in [0.05, 0.1) is 12.1 Å². The predicted octanol–water partition coefficient (Wildman–Crippen LogP) is 1.14. The van der Waals surface area contributed by atoms with Gasteiger partial charge >= 0.3 is 0 Å². The Morgan fingerprint density at radius 2 is 2.38 bits per heavy atom. The molecule has 0 spiro atoms. The van der Waals surface area contributed by atoms with E-state index in [0.717, 1.165) is 38.6 Å². The summed E-state index contributed by atoms with van der Waals surface area (Å²) in [6, 6.07) is -0.324. The molecule has 0 radical (unpaired) electrons. The molecule has 1 saturated heterocycles. The molecule has 2 N–H and O–H groups in total. The van der Waals surface area contributed by atoms with Gasteiger partial charge < -0.3 is 15.4 Å². The van der Waals surface area contributed by atoms with Crippen molar-refractivity contribution in [3.05, 3.63) is 0 Å². The van der Waals surface area contributed by atoms with E-state index in [1.54, 1.807) is 7.11 Å². The summed E-state index contributed by atoms with van der Waals surface area (Å²) < 4.78 is 5.30. The van der Waals surface area contributed by atoms with E-state index in [9.17, 15) is 4.79 Å². The van der Waals surface area contributed by atoms with Gasteiger partial charge in [-0.3, -0.25) is 4.79 Å². The van der Waals surface area contributed by atoms with Crippen LogP contribution in [0.4, 0.5) is 0 Å². The van der Waals surface area contributed by atoms with E-state index in [2.05, 4.69) is 6.92 Å². The third-order valence-electron chi connectivity index (χ3n) is 3.21. The van der Waals surface area contributed by atoms with E-state index in [4.69, 9.17) is 10.5 Å². The Bertz CT molecular complexity index is 221. The normalized spacial score (nSPS) is 23.2. The van der Waals surface area contributed by atoms with Gasteiger partial charge in [0.25, 0.3) is 0 Å². The van der Waals surface area contributed by atoms with Crippen molar-refractivity contribution in [2.24, 2.45) is 5.73 Å². The van der Waals surface area contributed by atoms with Gasteiger partial charge in [0.15, 0.2) is 0 Å². The van der Waals surface area contributed by atoms with Gasteiger partial charge in [0, 0.05) is 20.2 Å². The summed E-state index contributed by atoms with van der Waals surface area (Å²) in [6.07, 6.45) is 5.16. The summed E-state index contributed by atoms with van der Waals surface area (Å²) in [6.45, 7) is 3.65. The molecule has 1 aliphatic rings. The number of unbranched alkanes of at least 4 members (excludes halogenated alkanes) is 1. The van der Waals surface area contributed by atoms with Crippen LogP contribution in [0.2, 0.25) is 0 Å². The van der Waals surface area contributed by atoms with Crippen molar-refractivity contribution in [3.63, 3.8) is 0 Å². The van der Waals surface area contributed by atoms with Crippen molar-refractivity contribution >= 4 is 5.91 Å². The number of rotatable bonds is 5. The van der Waals surface area contributed by atoms with Gasteiger partial charge in [0.1, 0.15) is 0 Å². The van der Waals surface area contributed by atoms with Gasteiger partial charge in [-0.1, -0.05) is 19.8 Å². The third-order valence-corrected chi connectivity index (χ3v) is 3.21. The summed E-state index contributed by atoms with van der Waals surface area (Å²) in [5.41, 5.74) is 5.89. The van der Waals surface area contributed by atoms with E-state index >= 15 is 0 Å². The fourth-order valence-electron chi connectivity index (χ4n) is 2.11. The molecule has 1 rings (SSSR count). The zero-order chi connectivity index (χ0) is 12.0. The number of carbonyl (C=O) groups excluding carboxylic acids is 1. The Balaban J connectivity index is 2.40. The quantitative estimate of drug-likeness (QED) is 0.767. The number of hydrogen-bond acceptors (Lipinski definition) is 3. The highest BCUT2D eigenvalue weighted by Gasteiger charge is 2.26. The lowest BCUT2D eigenvalue weighted by atomic mass is 10.0. The number of likely N-dealkylation sites (tertiary alicyclic amines) is 1. The molecule has 94 valence electrons. The first-order chi connectivity index (χ1) is 7.69. The Morgan fingerprint density at radius 1 is 1.62 bits per heavy atom. The number of hydrogen-bond donors (Lipinski definition) is 1. The molecule has 0 unspecified atom stereocenters. The van der Waals surface area contributed by atoms with Gasteiger partial charge in [0.2, 0.25) is 5.91 Å². The second-order valence-electron chi connectivity index (χ2n) is 4.53. The molecule has 0 aromatic heterocycles. The molecule has 4 heteroatoms. The van der Waals surface area contributed by atoms with Crippen molar-refractivity contribution in [1.29, 1.82) is 0 Å². The summed E-state index contributed by atoms with van der Waals surface area (Å²) >= 11 is 0. The summed E-state index contributed by atoms with van der Waals surface area (Å²) in [5, 5.41) is 0. The van der Waals surface area contributed by atoms with Crippen LogP contribution >= 0.6 is 0 Å². The molecule has 1 aliphatic heterocycles. The number of methoxy groups -OCH3 is 1. The fourth-order valence-corrected chi connectivity index (χ4v) is 2.11. The zero-order valence-electron chi connectivity index (χ0n) is 10.4. The highest BCUT2D eigenvalue weighted by Crippen LogP contribution is 2.14. The molecule has 0 bridgehead atoms. The van der Waals surface area contributed by atoms with Crippen LogP contribution < -0.4 is 5.73 Å². The van der Waals surface area contributed by atoms with Crippen LogP contribution in [-0.4, -0.2) is 43.2 Å². The predicted molar refractivity (Wildman–Crippen MR) is 64.1 cm³/mol. The number of amides is 1. The average Bonchev–Trinajstić information content (AvgIpc) is 2.35. The number of nitrogens with two attached hydrogens (primary N) is 1. The maximum atomic E-state index is 12.0. The molecule has 1 fully saturated rings. The Labute approximate surface area is 98.1 Å². The highest BCUT2D eigenvalue weighted by atomic mass is 16.5. The number of nitrogens with zero attached hydrogens (tertiary/aromatic N) is 1. The maximum Gasteiger partial charge on any atom is 0.239 e. The van der Waals surface area contributed by atoms with Crippen LogP contribution in [0.5, 0.6) is 0 Å². The highest BCUT2D eigenvalue weighted by molar-refractivity contribution is 5.81. The van der Waals surface area contributed by atoms with E-state index in [1.807, 2.05) is 4.90 Å². The second kappa shape index (κ2) is 6.86. The molecule has 0 aromatic rings. The van der Waals surface area contributed by atoms with E-state index < -0.39 is 0 Å². The van der Waals surface area contributed by atoms with Gasteiger partial charge in [-0.05, 0) is 19.3 Å². The lowest BCUT2D eigenvalue weighted by Crippen LogP contribution is -2.49. The molecule has 0 aliphatic carbocycles. The summed E-state index contributed by atoms with van der Waals surface area (Å²) in [4.78, 5) is 13.9. The summed E-state index contributed by atoms with van der Waals surface area (Å²) in [5.74, 6) is 0.0928. The molecular weight excluding hydrogens is 204 g/mol. The van der Waals surface area contributed by atoms with E-state index in [-0.39, 0.29) is 18.1 Å². The lowest BCUT2D eigenvalue weighted by Gasteiger charge is -2.33. The van der Waals surface area contributed by atoms with E-state index in [0.29, 0.717) is 6.54 Å². The summed E-state index contributed by atoms with van der Waals surface area (Å²) in [7, 11) is 1.70. The SMILES string of the molecule is CCCC[C@@H](N)C(=O)N1CCC[C@H](OC)C1. The van der Waals surface area contributed by atoms with Crippen LogP contribution in [0.15, 0.2) is 0 Å². The fraction of sp³-hybridized carbons (Fsp3) is 0.917.